The molecule has 10 heteroatoms. The number of carbonyl (C=O) groups is 1. The Balaban J connectivity index is 1.38. The molecule has 2 aliphatic heterocycles. The van der Waals surface area contributed by atoms with Crippen LogP contribution >= 0.6 is 0 Å². The predicted molar refractivity (Wildman–Crippen MR) is 123 cm³/mol. The molecule has 2 aliphatic rings. The molecule has 0 radical (unpaired) electrons. The van der Waals surface area contributed by atoms with Crippen molar-refractivity contribution in [1.29, 1.82) is 0 Å². The van der Waals surface area contributed by atoms with Gasteiger partial charge in [-0.05, 0) is 38.8 Å². The molecular formula is C23H28N8O2. The average Bonchev–Trinajstić information content (AvgIpc) is 3.53. The van der Waals surface area contributed by atoms with Crippen LogP contribution in [0.4, 0.5) is 10.6 Å². The number of aromatic nitrogens is 5. The fourth-order valence-electron chi connectivity index (χ4n) is 4.79. The number of urea groups is 1. The summed E-state index contributed by atoms with van der Waals surface area (Å²) in [5, 5.41) is 7.75. The number of hydrogen-bond donors (Lipinski definition) is 2. The van der Waals surface area contributed by atoms with Gasteiger partial charge in [-0.25, -0.2) is 19.7 Å². The van der Waals surface area contributed by atoms with E-state index in [1.165, 1.54) is 12.0 Å². The molecule has 1 saturated heterocycles. The average molecular weight is 449 g/mol. The third-order valence-electron chi connectivity index (χ3n) is 6.63. The molecule has 0 bridgehead atoms. The second-order valence-electron chi connectivity index (χ2n) is 8.71. The van der Waals surface area contributed by atoms with Crippen LogP contribution in [0.2, 0.25) is 0 Å². The van der Waals surface area contributed by atoms with E-state index in [1.807, 2.05) is 24.8 Å². The summed E-state index contributed by atoms with van der Waals surface area (Å²) >= 11 is 0. The normalized spacial score (nSPS) is 20.1. The highest BCUT2D eigenvalue weighted by molar-refractivity contribution is 5.75. The lowest BCUT2D eigenvalue weighted by Crippen LogP contribution is -2.40. The quantitative estimate of drug-likeness (QED) is 0.614. The Bertz CT molecular complexity index is 1160. The molecule has 0 aliphatic carbocycles. The molecule has 3 aromatic heterocycles. The van der Waals surface area contributed by atoms with Gasteiger partial charge < -0.3 is 20.7 Å². The van der Waals surface area contributed by atoms with Gasteiger partial charge in [0.05, 0.1) is 5.69 Å². The second kappa shape index (κ2) is 8.34. The zero-order chi connectivity index (χ0) is 23.0. The molecular weight excluding hydrogens is 420 g/mol. The molecule has 1 spiro atoms. The molecule has 1 fully saturated rings. The van der Waals surface area contributed by atoms with Crippen LogP contribution in [0.3, 0.4) is 0 Å². The smallest absolute Gasteiger partial charge is 0.317 e. The lowest BCUT2D eigenvalue weighted by Gasteiger charge is -2.23. The number of pyridine rings is 1. The number of fused-ring (bicyclic) bond motifs is 2. The van der Waals surface area contributed by atoms with E-state index >= 15 is 0 Å². The van der Waals surface area contributed by atoms with Gasteiger partial charge in [-0.1, -0.05) is 0 Å². The summed E-state index contributed by atoms with van der Waals surface area (Å²) in [6.07, 6.45) is 8.30. The van der Waals surface area contributed by atoms with E-state index < -0.39 is 0 Å². The van der Waals surface area contributed by atoms with E-state index in [4.69, 9.17) is 15.6 Å². The Morgan fingerprint density at radius 3 is 2.82 bits per heavy atom. The van der Waals surface area contributed by atoms with E-state index in [0.717, 1.165) is 49.3 Å². The Labute approximate surface area is 192 Å². The highest BCUT2D eigenvalue weighted by atomic mass is 16.5. The number of rotatable bonds is 5. The number of nitrogens with zero attached hydrogens (tertiary/aromatic N) is 6. The van der Waals surface area contributed by atoms with E-state index in [1.54, 1.807) is 18.6 Å². The number of likely N-dealkylation sites (tertiary alicyclic amines) is 1. The molecule has 3 aromatic rings. The summed E-state index contributed by atoms with van der Waals surface area (Å²) in [6, 6.07) is 4.01. The molecule has 0 aromatic carbocycles. The zero-order valence-electron chi connectivity index (χ0n) is 18.9. The highest BCUT2D eigenvalue weighted by Crippen LogP contribution is 2.44. The third kappa shape index (κ3) is 3.85. The number of ether oxygens (including phenoxy) is 1. The second-order valence-corrected chi connectivity index (χ2v) is 8.71. The molecule has 5 heterocycles. The van der Waals surface area contributed by atoms with Gasteiger partial charge in [-0.15, -0.1) is 0 Å². The third-order valence-corrected chi connectivity index (χ3v) is 6.63. The SMILES string of the molecule is CCNC(=O)N1CC[C@]2(CCn3nc(-c4cnc(N)c(OC(C)c5cncnc5)c4)cc32)C1. The van der Waals surface area contributed by atoms with Gasteiger partial charge in [0.1, 0.15) is 12.4 Å². The van der Waals surface area contributed by atoms with Crippen LogP contribution in [0.5, 0.6) is 5.75 Å². The Morgan fingerprint density at radius 1 is 1.24 bits per heavy atom. The first kappa shape index (κ1) is 21.2. The van der Waals surface area contributed by atoms with Crippen LogP contribution in [0.25, 0.3) is 11.3 Å². The summed E-state index contributed by atoms with van der Waals surface area (Å²) in [4.78, 5) is 26.7. The lowest BCUT2D eigenvalue weighted by atomic mass is 9.82. The van der Waals surface area contributed by atoms with Crippen molar-refractivity contribution in [3.8, 4) is 17.0 Å². The minimum atomic E-state index is -0.278. The van der Waals surface area contributed by atoms with Crippen LogP contribution < -0.4 is 15.8 Å². The maximum atomic E-state index is 12.3. The van der Waals surface area contributed by atoms with Crippen LogP contribution in [0.1, 0.15) is 44.1 Å². The molecule has 5 rings (SSSR count). The molecule has 3 N–H and O–H groups in total. The summed E-state index contributed by atoms with van der Waals surface area (Å²) < 4.78 is 8.14. The van der Waals surface area contributed by atoms with Crippen molar-refractivity contribution in [1.82, 2.24) is 34.9 Å². The highest BCUT2D eigenvalue weighted by Gasteiger charge is 2.46. The zero-order valence-corrected chi connectivity index (χ0v) is 18.9. The molecule has 2 amide bonds. The van der Waals surface area contributed by atoms with Gasteiger partial charge in [0, 0.05) is 67.0 Å². The van der Waals surface area contributed by atoms with Gasteiger partial charge in [0.15, 0.2) is 11.6 Å². The molecule has 33 heavy (non-hydrogen) atoms. The first-order valence-corrected chi connectivity index (χ1v) is 11.3. The monoisotopic (exact) mass is 448 g/mol. The van der Waals surface area contributed by atoms with E-state index in [2.05, 4.69) is 31.0 Å². The minimum Gasteiger partial charge on any atom is -0.482 e. The number of carbonyl (C=O) groups excluding carboxylic acids is 1. The van der Waals surface area contributed by atoms with Gasteiger partial charge >= 0.3 is 6.03 Å². The number of anilines is 1. The fourth-order valence-corrected chi connectivity index (χ4v) is 4.79. The van der Waals surface area contributed by atoms with Gasteiger partial charge in [-0.2, -0.15) is 5.10 Å². The summed E-state index contributed by atoms with van der Waals surface area (Å²) in [7, 11) is 0. The fraction of sp³-hybridized carbons (Fsp3) is 0.435. The van der Waals surface area contributed by atoms with Crippen molar-refractivity contribution >= 4 is 11.8 Å². The van der Waals surface area contributed by atoms with Crippen LogP contribution in [-0.2, 0) is 12.0 Å². The van der Waals surface area contributed by atoms with Crippen molar-refractivity contribution in [2.75, 3.05) is 25.4 Å². The van der Waals surface area contributed by atoms with Crippen molar-refractivity contribution in [3.63, 3.8) is 0 Å². The molecule has 172 valence electrons. The minimum absolute atomic E-state index is 0.00928. The van der Waals surface area contributed by atoms with Crippen molar-refractivity contribution in [2.24, 2.45) is 0 Å². The van der Waals surface area contributed by atoms with Gasteiger partial charge in [0.25, 0.3) is 0 Å². The number of aryl methyl sites for hydroxylation is 1. The summed E-state index contributed by atoms with van der Waals surface area (Å²) in [6.45, 7) is 6.81. The van der Waals surface area contributed by atoms with Crippen molar-refractivity contribution < 1.29 is 9.53 Å². The number of nitrogens with two attached hydrogens (primary N) is 1. The molecule has 10 nitrogen and oxygen atoms in total. The number of nitrogen functional groups attached to an aromatic ring is 1. The Hall–Kier alpha value is -3.69. The van der Waals surface area contributed by atoms with Crippen LogP contribution in [0.15, 0.2) is 37.1 Å². The van der Waals surface area contributed by atoms with E-state index in [-0.39, 0.29) is 17.6 Å². The van der Waals surface area contributed by atoms with Crippen LogP contribution in [0, 0.1) is 0 Å². The van der Waals surface area contributed by atoms with E-state index in [0.29, 0.717) is 18.1 Å². The van der Waals surface area contributed by atoms with Gasteiger partial charge in [-0.3, -0.25) is 4.68 Å². The molecule has 0 saturated carbocycles. The maximum absolute atomic E-state index is 12.3. The first-order valence-electron chi connectivity index (χ1n) is 11.3. The molecule has 1 unspecified atom stereocenters. The lowest BCUT2D eigenvalue weighted by molar-refractivity contribution is 0.206. The molecule has 2 atom stereocenters. The predicted octanol–water partition coefficient (Wildman–Crippen LogP) is 2.53. The first-order chi connectivity index (χ1) is 16.0. The Kier molecular flexibility index (Phi) is 5.35. The summed E-state index contributed by atoms with van der Waals surface area (Å²) in [5.41, 5.74) is 9.75. The van der Waals surface area contributed by atoms with Crippen molar-refractivity contribution in [3.05, 3.63) is 48.3 Å². The van der Waals surface area contributed by atoms with Crippen molar-refractivity contribution in [2.45, 2.75) is 44.8 Å². The number of nitrogens with one attached hydrogen (secondary N) is 1. The number of hydrogen-bond acceptors (Lipinski definition) is 7. The van der Waals surface area contributed by atoms with E-state index in [9.17, 15) is 4.79 Å². The summed E-state index contributed by atoms with van der Waals surface area (Å²) in [5.74, 6) is 0.814. The Morgan fingerprint density at radius 2 is 2.03 bits per heavy atom. The largest absolute Gasteiger partial charge is 0.482 e. The van der Waals surface area contributed by atoms with Gasteiger partial charge in [0.2, 0.25) is 0 Å². The van der Waals surface area contributed by atoms with Crippen LogP contribution in [-0.4, -0.2) is 55.3 Å². The topological polar surface area (TPSA) is 124 Å². The number of amides is 2. The standard InChI is InChI=1S/C23H28N8O2/c1-3-27-22(32)30-6-4-23(13-30)5-7-31-20(23)9-18(29-31)16-8-19(21(24)28-12-16)33-15(2)17-10-25-14-26-11-17/h8-12,14-15H,3-7,13H2,1-2H3,(H2,24,28)(H,27,32)/t15?,23-/m0/s1. The maximum Gasteiger partial charge on any atom is 0.317 e.